The first-order valence-electron chi connectivity index (χ1n) is 15.0. The van der Waals surface area contributed by atoms with Gasteiger partial charge >= 0.3 is 5.97 Å². The van der Waals surface area contributed by atoms with Gasteiger partial charge in [-0.2, -0.15) is 4.31 Å². The van der Waals surface area contributed by atoms with Gasteiger partial charge in [0.1, 0.15) is 17.5 Å². The lowest BCUT2D eigenvalue weighted by molar-refractivity contribution is -0.221. The first kappa shape index (κ1) is 27.6. The molecule has 2 aliphatic heterocycles. The molecule has 1 saturated heterocycles. The number of nitrogens with zero attached hydrogens (tertiary/aromatic N) is 2. The second-order valence-corrected chi connectivity index (χ2v) is 14.4. The molecular weight excluding hydrogens is 548 g/mol. The summed E-state index contributed by atoms with van der Waals surface area (Å²) in [6.45, 7) is 3.20. The molecule has 0 aromatic heterocycles. The van der Waals surface area contributed by atoms with Crippen molar-refractivity contribution in [2.24, 2.45) is 0 Å². The van der Waals surface area contributed by atoms with E-state index in [2.05, 4.69) is 35.2 Å². The number of piperidine rings is 1. The maximum Gasteiger partial charge on any atom is 0.303 e. The van der Waals surface area contributed by atoms with Crippen molar-refractivity contribution in [3.05, 3.63) is 101 Å². The fourth-order valence-corrected chi connectivity index (χ4v) is 10.1. The Kier molecular flexibility index (Phi) is 6.72. The number of hydrogen-bond donors (Lipinski definition) is 0. The average molecular weight is 587 g/mol. The average Bonchev–Trinajstić information content (AvgIpc) is 3.32. The van der Waals surface area contributed by atoms with Crippen molar-refractivity contribution in [3.63, 3.8) is 0 Å². The zero-order valence-electron chi connectivity index (χ0n) is 24.2. The zero-order valence-corrected chi connectivity index (χ0v) is 25.1. The number of ether oxygens (including phenoxy) is 2. The first-order chi connectivity index (χ1) is 20.2. The van der Waals surface area contributed by atoms with E-state index in [4.69, 9.17) is 9.47 Å². The molecule has 2 bridgehead atoms. The van der Waals surface area contributed by atoms with Crippen molar-refractivity contribution in [2.75, 3.05) is 20.1 Å². The number of esters is 1. The van der Waals surface area contributed by atoms with E-state index in [1.165, 1.54) is 18.1 Å². The van der Waals surface area contributed by atoms with Crippen LogP contribution in [0.2, 0.25) is 0 Å². The molecule has 4 aliphatic rings. The van der Waals surface area contributed by atoms with Crippen LogP contribution in [-0.2, 0) is 43.6 Å². The monoisotopic (exact) mass is 586 g/mol. The molecule has 0 unspecified atom stereocenters. The molecular formula is C34H38N2O5S. The van der Waals surface area contributed by atoms with Crippen LogP contribution in [0.15, 0.2) is 78.9 Å². The summed E-state index contributed by atoms with van der Waals surface area (Å²) in [6.07, 6.45) is 3.12. The summed E-state index contributed by atoms with van der Waals surface area (Å²) in [5.74, 6) is 0.453. The number of rotatable bonds is 8. The molecule has 8 heteroatoms. The van der Waals surface area contributed by atoms with E-state index < -0.39 is 27.1 Å². The predicted octanol–water partition coefficient (Wildman–Crippen LogP) is 4.48. The van der Waals surface area contributed by atoms with Gasteiger partial charge in [-0.05, 0) is 61.4 Å². The Morgan fingerprint density at radius 1 is 1.00 bits per heavy atom. The van der Waals surface area contributed by atoms with Gasteiger partial charge in [-0.3, -0.25) is 9.69 Å². The van der Waals surface area contributed by atoms with Crippen LogP contribution in [0.25, 0.3) is 0 Å². The van der Waals surface area contributed by atoms with E-state index in [1.54, 1.807) is 11.4 Å². The molecule has 1 saturated carbocycles. The molecule has 2 heterocycles. The standard InChI is InChI=1S/C34H38N2O5S/c1-24(37)41-34-18-16-28(35(2)42(38,39)23-26-12-7-4-8-13-26)32-33(34)19-21-36(20-17-25-10-5-3-6-11-25)30(34)22-27-14-9-15-29(40-32)31(27)33/h3-15,28,30,32H,16-23H2,1-2H3/t28-,30+,32-,33-,34+/m0/s1. The van der Waals surface area contributed by atoms with E-state index in [9.17, 15) is 13.2 Å². The quantitative estimate of drug-likeness (QED) is 0.363. The van der Waals surface area contributed by atoms with Gasteiger partial charge in [0, 0.05) is 26.1 Å². The number of likely N-dealkylation sites (tertiary alicyclic amines) is 1. The Balaban J connectivity index is 1.29. The van der Waals surface area contributed by atoms with Crippen LogP contribution >= 0.6 is 0 Å². The highest BCUT2D eigenvalue weighted by molar-refractivity contribution is 7.88. The largest absolute Gasteiger partial charge is 0.487 e. The van der Waals surface area contributed by atoms with Crippen LogP contribution in [0.1, 0.15) is 48.4 Å². The summed E-state index contributed by atoms with van der Waals surface area (Å²) in [6, 6.07) is 25.6. The lowest BCUT2D eigenvalue weighted by Gasteiger charge is -2.65. The normalized spacial score (nSPS) is 29.5. The van der Waals surface area contributed by atoms with Crippen molar-refractivity contribution < 1.29 is 22.7 Å². The van der Waals surface area contributed by atoms with Crippen molar-refractivity contribution in [2.45, 2.75) is 74.0 Å². The lowest BCUT2D eigenvalue weighted by Crippen LogP contribution is -2.79. The van der Waals surface area contributed by atoms with Crippen LogP contribution in [0, 0.1) is 0 Å². The van der Waals surface area contributed by atoms with E-state index in [-0.39, 0.29) is 23.8 Å². The molecule has 7 rings (SSSR count). The highest BCUT2D eigenvalue weighted by atomic mass is 32.2. The van der Waals surface area contributed by atoms with Crippen molar-refractivity contribution in [1.29, 1.82) is 0 Å². The minimum Gasteiger partial charge on any atom is -0.487 e. The molecule has 3 aromatic carbocycles. The second kappa shape index (κ2) is 10.2. The topological polar surface area (TPSA) is 76.1 Å². The third kappa shape index (κ3) is 4.13. The Bertz CT molecular complexity index is 1600. The van der Waals surface area contributed by atoms with Crippen LogP contribution in [0.5, 0.6) is 5.75 Å². The highest BCUT2D eigenvalue weighted by Gasteiger charge is 2.75. The summed E-state index contributed by atoms with van der Waals surface area (Å²) in [5.41, 5.74) is 3.00. The Hall–Kier alpha value is -3.20. The Labute approximate surface area is 248 Å². The zero-order chi connectivity index (χ0) is 29.1. The molecule has 2 fully saturated rings. The molecule has 42 heavy (non-hydrogen) atoms. The molecule has 220 valence electrons. The Morgan fingerprint density at radius 2 is 1.71 bits per heavy atom. The number of carbonyl (C=O) groups excluding carboxylic acids is 1. The molecule has 0 amide bonds. The lowest BCUT2D eigenvalue weighted by atomic mass is 9.48. The van der Waals surface area contributed by atoms with Gasteiger partial charge in [-0.15, -0.1) is 0 Å². The number of sulfonamides is 1. The number of hydrogen-bond acceptors (Lipinski definition) is 6. The number of likely N-dealkylation sites (N-methyl/N-ethyl adjacent to an activating group) is 1. The van der Waals surface area contributed by atoms with E-state index >= 15 is 0 Å². The molecule has 3 aromatic rings. The highest BCUT2D eigenvalue weighted by Crippen LogP contribution is 2.65. The first-order valence-corrected chi connectivity index (χ1v) is 16.6. The third-order valence-corrected chi connectivity index (χ3v) is 12.2. The minimum absolute atomic E-state index is 0.0157. The Morgan fingerprint density at radius 3 is 2.43 bits per heavy atom. The van der Waals surface area contributed by atoms with Gasteiger partial charge in [0.2, 0.25) is 10.0 Å². The van der Waals surface area contributed by atoms with Crippen molar-refractivity contribution in [3.8, 4) is 5.75 Å². The predicted molar refractivity (Wildman–Crippen MR) is 161 cm³/mol. The van der Waals surface area contributed by atoms with Gasteiger partial charge in [0.25, 0.3) is 0 Å². The van der Waals surface area contributed by atoms with Gasteiger partial charge in [0.05, 0.1) is 23.3 Å². The molecule has 0 N–H and O–H groups in total. The third-order valence-electron chi connectivity index (χ3n) is 10.4. The molecule has 1 spiro atoms. The molecule has 0 radical (unpaired) electrons. The fourth-order valence-electron chi connectivity index (χ4n) is 8.66. The van der Waals surface area contributed by atoms with E-state index in [0.717, 1.165) is 49.2 Å². The second-order valence-electron chi connectivity index (χ2n) is 12.4. The minimum atomic E-state index is -3.64. The molecule has 5 atom stereocenters. The summed E-state index contributed by atoms with van der Waals surface area (Å²) in [7, 11) is -1.94. The van der Waals surface area contributed by atoms with Crippen LogP contribution in [-0.4, -0.2) is 67.5 Å². The summed E-state index contributed by atoms with van der Waals surface area (Å²) < 4.78 is 42.5. The summed E-state index contributed by atoms with van der Waals surface area (Å²) >= 11 is 0. The molecule has 7 nitrogen and oxygen atoms in total. The van der Waals surface area contributed by atoms with Gasteiger partial charge in [-0.25, -0.2) is 8.42 Å². The van der Waals surface area contributed by atoms with Crippen LogP contribution in [0.3, 0.4) is 0 Å². The van der Waals surface area contributed by atoms with Crippen LogP contribution < -0.4 is 4.74 Å². The van der Waals surface area contributed by atoms with E-state index in [1.807, 2.05) is 48.5 Å². The van der Waals surface area contributed by atoms with Crippen molar-refractivity contribution in [1.82, 2.24) is 9.21 Å². The van der Waals surface area contributed by atoms with Gasteiger partial charge in [-0.1, -0.05) is 72.8 Å². The smallest absolute Gasteiger partial charge is 0.303 e. The maximum atomic E-state index is 13.8. The number of carbonyl (C=O) groups is 1. The van der Waals surface area contributed by atoms with Gasteiger partial charge in [0.15, 0.2) is 0 Å². The fraction of sp³-hybridized carbons (Fsp3) is 0.441. The van der Waals surface area contributed by atoms with Crippen molar-refractivity contribution >= 4 is 16.0 Å². The van der Waals surface area contributed by atoms with Gasteiger partial charge < -0.3 is 9.47 Å². The molecule has 2 aliphatic carbocycles. The summed E-state index contributed by atoms with van der Waals surface area (Å²) in [5, 5.41) is 0. The van der Waals surface area contributed by atoms with Crippen LogP contribution in [0.4, 0.5) is 0 Å². The van der Waals surface area contributed by atoms with E-state index in [0.29, 0.717) is 12.8 Å². The maximum absolute atomic E-state index is 13.8. The number of benzene rings is 3. The SMILES string of the molecule is CC(=O)O[C@@]12CC[C@H](N(C)S(=O)(=O)Cc3ccccc3)[C@@H]3Oc4cccc5c4[C@@]31CCN(CCc1ccccc1)[C@@H]2C5. The summed E-state index contributed by atoms with van der Waals surface area (Å²) in [4.78, 5) is 15.4.